The molecule has 0 aliphatic heterocycles. The van der Waals surface area contributed by atoms with Crippen LogP contribution in [-0.2, 0) is 11.2 Å². The Bertz CT molecular complexity index is 568. The van der Waals surface area contributed by atoms with E-state index >= 15 is 0 Å². The van der Waals surface area contributed by atoms with Crippen LogP contribution in [0, 0.1) is 11.6 Å². The summed E-state index contributed by atoms with van der Waals surface area (Å²) in [5.74, 6) is -3.22. The van der Waals surface area contributed by atoms with E-state index in [1.165, 1.54) is 6.07 Å². The Hall–Kier alpha value is -2.31. The minimum Gasteiger partial charge on any atom is -0.481 e. The van der Waals surface area contributed by atoms with Crippen molar-refractivity contribution in [3.63, 3.8) is 0 Å². The van der Waals surface area contributed by atoms with Crippen molar-refractivity contribution in [2.45, 2.75) is 6.42 Å². The molecule has 0 unspecified atom stereocenters. The number of rotatable bonds is 3. The Kier molecular flexibility index (Phi) is 2.82. The van der Waals surface area contributed by atoms with Crippen molar-refractivity contribution in [2.24, 2.45) is 0 Å². The van der Waals surface area contributed by atoms with Crippen LogP contribution in [0.2, 0.25) is 0 Å². The van der Waals surface area contributed by atoms with Crippen LogP contribution in [-0.4, -0.2) is 21.2 Å². The summed E-state index contributed by atoms with van der Waals surface area (Å²) >= 11 is 0. The van der Waals surface area contributed by atoms with Crippen molar-refractivity contribution in [1.82, 2.24) is 10.1 Å². The molecule has 0 aliphatic carbocycles. The number of carboxylic acids is 1. The van der Waals surface area contributed by atoms with Gasteiger partial charge in [0.1, 0.15) is 6.42 Å². The third-order valence-electron chi connectivity index (χ3n) is 1.94. The summed E-state index contributed by atoms with van der Waals surface area (Å²) < 4.78 is 30.3. The van der Waals surface area contributed by atoms with Crippen LogP contribution in [0.15, 0.2) is 22.7 Å². The summed E-state index contributed by atoms with van der Waals surface area (Å²) in [7, 11) is 0. The van der Waals surface area contributed by atoms with E-state index in [0.29, 0.717) is 0 Å². The lowest BCUT2D eigenvalue weighted by molar-refractivity contribution is -0.136. The summed E-state index contributed by atoms with van der Waals surface area (Å²) in [5.41, 5.74) is 0.188. The van der Waals surface area contributed by atoms with Gasteiger partial charge in [0, 0.05) is 5.56 Å². The number of carbonyl (C=O) groups is 1. The summed E-state index contributed by atoms with van der Waals surface area (Å²) in [5, 5.41) is 11.9. The first kappa shape index (κ1) is 11.2. The van der Waals surface area contributed by atoms with Gasteiger partial charge in [0.05, 0.1) is 0 Å². The molecule has 1 aromatic carbocycles. The molecule has 0 radical (unpaired) electrons. The molecule has 7 heteroatoms. The quantitative estimate of drug-likeness (QED) is 0.882. The van der Waals surface area contributed by atoms with E-state index in [-0.39, 0.29) is 17.3 Å². The maximum Gasteiger partial charge on any atom is 0.311 e. The number of halogens is 2. The highest BCUT2D eigenvalue weighted by molar-refractivity contribution is 5.69. The first-order valence-corrected chi connectivity index (χ1v) is 4.56. The number of aromatic nitrogens is 2. The van der Waals surface area contributed by atoms with Crippen LogP contribution in [0.4, 0.5) is 8.78 Å². The molecule has 0 atom stereocenters. The second-order valence-corrected chi connectivity index (χ2v) is 3.22. The van der Waals surface area contributed by atoms with Crippen molar-refractivity contribution in [1.29, 1.82) is 0 Å². The highest BCUT2D eigenvalue weighted by Crippen LogP contribution is 2.19. The topological polar surface area (TPSA) is 76.2 Å². The molecule has 0 fully saturated rings. The molecular formula is C10H6F2N2O3. The molecule has 1 N–H and O–H groups in total. The number of hydrogen-bond acceptors (Lipinski definition) is 4. The lowest BCUT2D eigenvalue weighted by Crippen LogP contribution is -2.01. The summed E-state index contributed by atoms with van der Waals surface area (Å²) in [4.78, 5) is 14.1. The zero-order chi connectivity index (χ0) is 12.4. The Morgan fingerprint density at radius 1 is 1.35 bits per heavy atom. The van der Waals surface area contributed by atoms with Gasteiger partial charge in [-0.3, -0.25) is 4.79 Å². The predicted molar refractivity (Wildman–Crippen MR) is 51.0 cm³/mol. The molecule has 0 saturated carbocycles. The average molecular weight is 240 g/mol. The molecule has 17 heavy (non-hydrogen) atoms. The van der Waals surface area contributed by atoms with Crippen molar-refractivity contribution < 1.29 is 23.2 Å². The minimum atomic E-state index is -1.11. The monoisotopic (exact) mass is 240 g/mol. The van der Waals surface area contributed by atoms with Crippen LogP contribution in [0.3, 0.4) is 0 Å². The minimum absolute atomic E-state index is 0.0303. The molecule has 1 aromatic heterocycles. The van der Waals surface area contributed by atoms with Crippen LogP contribution in [0.1, 0.15) is 5.82 Å². The van der Waals surface area contributed by atoms with Gasteiger partial charge in [0.15, 0.2) is 17.5 Å². The van der Waals surface area contributed by atoms with E-state index in [1.807, 2.05) is 0 Å². The molecule has 2 rings (SSSR count). The van der Waals surface area contributed by atoms with Crippen molar-refractivity contribution in [3.05, 3.63) is 35.7 Å². The number of hydrogen-bond donors (Lipinski definition) is 1. The van der Waals surface area contributed by atoms with Gasteiger partial charge in [-0.05, 0) is 18.2 Å². The number of benzene rings is 1. The molecule has 0 aliphatic rings. The van der Waals surface area contributed by atoms with Gasteiger partial charge < -0.3 is 9.63 Å². The van der Waals surface area contributed by atoms with Crippen molar-refractivity contribution in [2.75, 3.05) is 0 Å². The smallest absolute Gasteiger partial charge is 0.311 e. The number of aliphatic carboxylic acids is 1. The molecule has 0 saturated heterocycles. The Morgan fingerprint density at radius 2 is 2.12 bits per heavy atom. The fourth-order valence-corrected chi connectivity index (χ4v) is 1.21. The van der Waals surface area contributed by atoms with Gasteiger partial charge in [0.2, 0.25) is 0 Å². The second kappa shape index (κ2) is 4.28. The summed E-state index contributed by atoms with van der Waals surface area (Å²) in [6, 6.07) is 3.08. The maximum absolute atomic E-state index is 12.9. The Morgan fingerprint density at radius 3 is 2.76 bits per heavy atom. The zero-order valence-electron chi connectivity index (χ0n) is 8.35. The summed E-state index contributed by atoms with van der Waals surface area (Å²) in [6.45, 7) is 0. The SMILES string of the molecule is O=C(O)Cc1noc(-c2ccc(F)c(F)c2)n1. The van der Waals surface area contributed by atoms with Gasteiger partial charge in [-0.25, -0.2) is 8.78 Å². The van der Waals surface area contributed by atoms with Crippen molar-refractivity contribution >= 4 is 5.97 Å². The lowest BCUT2D eigenvalue weighted by Gasteiger charge is -1.95. The largest absolute Gasteiger partial charge is 0.481 e. The van der Waals surface area contributed by atoms with Crippen LogP contribution >= 0.6 is 0 Å². The summed E-state index contributed by atoms with van der Waals surface area (Å²) in [6.07, 6.45) is -0.396. The van der Waals surface area contributed by atoms with Crippen molar-refractivity contribution in [3.8, 4) is 11.5 Å². The molecule has 2 aromatic rings. The second-order valence-electron chi connectivity index (χ2n) is 3.22. The van der Waals surface area contributed by atoms with Gasteiger partial charge in [0.25, 0.3) is 5.89 Å². The van der Waals surface area contributed by atoms with E-state index in [2.05, 4.69) is 10.1 Å². The normalized spacial score (nSPS) is 10.5. The highest BCUT2D eigenvalue weighted by atomic mass is 19.2. The lowest BCUT2D eigenvalue weighted by atomic mass is 10.2. The molecule has 0 bridgehead atoms. The number of nitrogens with zero attached hydrogens (tertiary/aromatic N) is 2. The standard InChI is InChI=1S/C10H6F2N2O3/c11-6-2-1-5(3-7(6)12)10-13-8(14-17-10)4-9(15)16/h1-3H,4H2,(H,15,16). The van der Waals surface area contributed by atoms with E-state index in [9.17, 15) is 13.6 Å². The van der Waals surface area contributed by atoms with Crippen LogP contribution in [0.25, 0.3) is 11.5 Å². The number of carboxylic acid groups (broad SMARTS) is 1. The molecule has 88 valence electrons. The van der Waals surface area contributed by atoms with Gasteiger partial charge >= 0.3 is 5.97 Å². The van der Waals surface area contributed by atoms with Gasteiger partial charge in [-0.2, -0.15) is 4.98 Å². The average Bonchev–Trinajstić information content (AvgIpc) is 2.69. The zero-order valence-corrected chi connectivity index (χ0v) is 8.35. The fourth-order valence-electron chi connectivity index (χ4n) is 1.21. The third kappa shape index (κ3) is 2.44. The first-order chi connectivity index (χ1) is 8.06. The fraction of sp³-hybridized carbons (Fsp3) is 0.100. The van der Waals surface area contributed by atoms with E-state index in [1.54, 1.807) is 0 Å². The van der Waals surface area contributed by atoms with Gasteiger partial charge in [-0.15, -0.1) is 0 Å². The third-order valence-corrected chi connectivity index (χ3v) is 1.94. The molecule has 0 amide bonds. The van der Waals surface area contributed by atoms with E-state index in [0.717, 1.165) is 12.1 Å². The Balaban J connectivity index is 2.30. The van der Waals surface area contributed by atoms with E-state index < -0.39 is 24.0 Å². The highest BCUT2D eigenvalue weighted by Gasteiger charge is 2.13. The van der Waals surface area contributed by atoms with Gasteiger partial charge in [-0.1, -0.05) is 5.16 Å². The Labute approximate surface area is 93.7 Å². The first-order valence-electron chi connectivity index (χ1n) is 4.56. The van der Waals surface area contributed by atoms with E-state index in [4.69, 9.17) is 9.63 Å². The van der Waals surface area contributed by atoms with Crippen LogP contribution in [0.5, 0.6) is 0 Å². The van der Waals surface area contributed by atoms with Crippen LogP contribution < -0.4 is 0 Å². The maximum atomic E-state index is 12.9. The predicted octanol–water partition coefficient (Wildman–Crippen LogP) is 1.64. The molecule has 0 spiro atoms. The molecular weight excluding hydrogens is 234 g/mol. The molecule has 5 nitrogen and oxygen atoms in total. The molecule has 1 heterocycles.